The van der Waals surface area contributed by atoms with Crippen molar-refractivity contribution in [2.45, 2.75) is 24.9 Å². The molecule has 0 spiro atoms. The molecule has 13 heavy (non-hydrogen) atoms. The fourth-order valence-electron chi connectivity index (χ4n) is 0. The Morgan fingerprint density at radius 1 is 1.23 bits per heavy atom. The summed E-state index contributed by atoms with van der Waals surface area (Å²) in [4.78, 5) is 0. The molecule has 0 aliphatic carbocycles. The molecule has 0 aromatic carbocycles. The summed E-state index contributed by atoms with van der Waals surface area (Å²) in [5.41, 5.74) is -2.91. The lowest BCUT2D eigenvalue weighted by Crippen LogP contribution is -2.08. The highest BCUT2D eigenvalue weighted by atomic mass is 32.2. The van der Waals surface area contributed by atoms with Gasteiger partial charge in [0.1, 0.15) is 0 Å². The van der Waals surface area contributed by atoms with E-state index >= 15 is 0 Å². The van der Waals surface area contributed by atoms with Crippen molar-refractivity contribution in [3.05, 3.63) is 0 Å². The van der Waals surface area contributed by atoms with Crippen LogP contribution in [0.5, 0.6) is 0 Å². The minimum absolute atomic E-state index is 0.859. The zero-order valence-corrected chi connectivity index (χ0v) is 9.58. The van der Waals surface area contributed by atoms with E-state index in [1.165, 1.54) is 13.2 Å². The van der Waals surface area contributed by atoms with Gasteiger partial charge in [-0.05, 0) is 13.8 Å². The topological polar surface area (TPSA) is 51.2 Å². The lowest BCUT2D eigenvalue weighted by molar-refractivity contribution is 0.446. The molecule has 7 heteroatoms. The highest BCUT2D eigenvalue weighted by molar-refractivity contribution is 7.91. The number of hydrogen-bond donors (Lipinski definition) is 0. The Kier molecular flexibility index (Phi) is 7.62. The third-order valence-electron chi connectivity index (χ3n) is 1.05. The minimum Gasteiger partial charge on any atom is -0.257 e. The summed E-state index contributed by atoms with van der Waals surface area (Å²) < 4.78 is 52.9. The first-order chi connectivity index (χ1) is 5.59. The van der Waals surface area contributed by atoms with Crippen molar-refractivity contribution in [3.8, 4) is 0 Å². The van der Waals surface area contributed by atoms with Crippen molar-refractivity contribution in [2.24, 2.45) is 0 Å². The maximum Gasteiger partial charge on any atom is 0.197 e. The molecule has 3 atom stereocenters. The number of hydrogen-bond acceptors (Lipinski definition) is 3. The summed E-state index contributed by atoms with van der Waals surface area (Å²) >= 11 is 0. The molecule has 0 N–H and O–H groups in total. The molecule has 0 heterocycles. The number of halogens is 2. The van der Waals surface area contributed by atoms with Gasteiger partial charge >= 0.3 is 0 Å². The van der Waals surface area contributed by atoms with Crippen LogP contribution in [0.4, 0.5) is 8.78 Å². The van der Waals surface area contributed by atoms with Crippen molar-refractivity contribution >= 4 is 20.6 Å². The van der Waals surface area contributed by atoms with Crippen LogP contribution in [-0.2, 0) is 20.6 Å². The van der Waals surface area contributed by atoms with Gasteiger partial charge in [0.15, 0.2) is 20.8 Å². The van der Waals surface area contributed by atoms with E-state index in [1.54, 1.807) is 0 Å². The summed E-state index contributed by atoms with van der Waals surface area (Å²) in [6, 6.07) is 0. The monoisotopic (exact) mass is 236 g/mol. The van der Waals surface area contributed by atoms with Crippen molar-refractivity contribution in [1.82, 2.24) is 0 Å². The Balaban J connectivity index is 0. The van der Waals surface area contributed by atoms with Crippen LogP contribution < -0.4 is 0 Å². The maximum atomic E-state index is 11.6. The van der Waals surface area contributed by atoms with Crippen LogP contribution in [0.25, 0.3) is 0 Å². The third kappa shape index (κ3) is 12.0. The molecule has 3 nitrogen and oxygen atoms in total. The second-order valence-corrected chi connectivity index (χ2v) is 6.37. The quantitative estimate of drug-likeness (QED) is 0.719. The lowest BCUT2D eigenvalue weighted by Gasteiger charge is -1.92. The first-order valence-electron chi connectivity index (χ1n) is 3.38. The molecule has 0 saturated heterocycles. The van der Waals surface area contributed by atoms with Gasteiger partial charge in [0.25, 0.3) is 0 Å². The van der Waals surface area contributed by atoms with Gasteiger partial charge in [-0.1, -0.05) is 0 Å². The average molecular weight is 236 g/mol. The Hall–Kier alpha value is -0.0400. The van der Waals surface area contributed by atoms with Crippen LogP contribution >= 0.6 is 0 Å². The molecule has 0 amide bonds. The molecule has 0 saturated carbocycles. The van der Waals surface area contributed by atoms with Crippen LogP contribution in [-0.4, -0.2) is 36.1 Å². The smallest absolute Gasteiger partial charge is 0.197 e. The van der Waals surface area contributed by atoms with Crippen molar-refractivity contribution in [3.63, 3.8) is 0 Å². The highest BCUT2D eigenvalue weighted by Crippen LogP contribution is 1.95. The van der Waals surface area contributed by atoms with E-state index in [0.717, 1.165) is 13.2 Å². The molecular formula is C6H14F2O3S2. The molecule has 82 valence electrons. The van der Waals surface area contributed by atoms with Gasteiger partial charge < -0.3 is 0 Å². The average Bonchev–Trinajstić information content (AvgIpc) is 1.86. The van der Waals surface area contributed by atoms with Crippen LogP contribution in [0.15, 0.2) is 0 Å². The summed E-state index contributed by atoms with van der Waals surface area (Å²) in [5, 5.41) is 0. The third-order valence-corrected chi connectivity index (χ3v) is 3.14. The first-order valence-corrected chi connectivity index (χ1v) is 6.95. The Morgan fingerprint density at radius 2 is 1.38 bits per heavy atom. The molecule has 0 aliphatic heterocycles. The predicted octanol–water partition coefficient (Wildman–Crippen LogP) is 1.03. The summed E-state index contributed by atoms with van der Waals surface area (Å²) in [7, 11) is -4.69. The van der Waals surface area contributed by atoms with E-state index in [2.05, 4.69) is 0 Å². The summed E-state index contributed by atoms with van der Waals surface area (Å²) in [6.45, 7) is 2.27. The molecule has 0 bridgehead atoms. The van der Waals surface area contributed by atoms with E-state index in [9.17, 15) is 21.4 Å². The largest absolute Gasteiger partial charge is 0.257 e. The Morgan fingerprint density at radius 3 is 1.38 bits per heavy atom. The van der Waals surface area contributed by atoms with Crippen molar-refractivity contribution in [2.75, 3.05) is 12.5 Å². The van der Waals surface area contributed by atoms with E-state index < -0.39 is 31.6 Å². The van der Waals surface area contributed by atoms with Gasteiger partial charge in [0.2, 0.25) is 0 Å². The summed E-state index contributed by atoms with van der Waals surface area (Å²) in [6.07, 6.45) is 2.20. The fraction of sp³-hybridized carbons (Fsp3) is 1.00. The van der Waals surface area contributed by atoms with Crippen LogP contribution in [0.1, 0.15) is 13.8 Å². The van der Waals surface area contributed by atoms with E-state index in [4.69, 9.17) is 0 Å². The van der Waals surface area contributed by atoms with Crippen molar-refractivity contribution < 1.29 is 21.4 Å². The zero-order valence-electron chi connectivity index (χ0n) is 7.95. The molecular weight excluding hydrogens is 222 g/mol. The number of alkyl halides is 2. The second-order valence-electron chi connectivity index (χ2n) is 2.41. The van der Waals surface area contributed by atoms with Gasteiger partial charge in [0, 0.05) is 12.5 Å². The molecule has 0 aromatic rings. The van der Waals surface area contributed by atoms with Gasteiger partial charge in [-0.3, -0.25) is 4.21 Å². The molecule has 0 rings (SSSR count). The lowest BCUT2D eigenvalue weighted by atomic mass is 10.9. The van der Waals surface area contributed by atoms with Gasteiger partial charge in [-0.15, -0.1) is 0 Å². The molecule has 0 aromatic heterocycles. The Bertz CT molecular complexity index is 247. The van der Waals surface area contributed by atoms with Crippen molar-refractivity contribution in [1.29, 1.82) is 0 Å². The second kappa shape index (κ2) is 6.42. The van der Waals surface area contributed by atoms with E-state index in [1.807, 2.05) is 0 Å². The van der Waals surface area contributed by atoms with Gasteiger partial charge in [-0.25, -0.2) is 17.2 Å². The van der Waals surface area contributed by atoms with Crippen LogP contribution in [0.2, 0.25) is 0 Å². The van der Waals surface area contributed by atoms with Crippen LogP contribution in [0.3, 0.4) is 0 Å². The molecule has 0 aliphatic rings. The predicted molar refractivity (Wildman–Crippen MR) is 50.1 cm³/mol. The minimum atomic E-state index is -3.41. The standard InChI is InChI=1S/C3H7FO2S.C3H7FOS/c1-3(4)7(2,5)6;1-3(4)6(2)5/h3H,1-2H3;3H,1-2H3. The highest BCUT2D eigenvalue weighted by Gasteiger charge is 2.10. The fourth-order valence-corrected chi connectivity index (χ4v) is 0. The van der Waals surface area contributed by atoms with E-state index in [-0.39, 0.29) is 0 Å². The number of rotatable bonds is 2. The molecule has 0 fully saturated rings. The molecule has 0 radical (unpaired) electrons. The Labute approximate surface area is 79.9 Å². The van der Waals surface area contributed by atoms with E-state index in [0.29, 0.717) is 0 Å². The first kappa shape index (κ1) is 15.4. The number of sulfone groups is 1. The maximum absolute atomic E-state index is 11.6. The normalized spacial score (nSPS) is 18.0. The van der Waals surface area contributed by atoms with Crippen LogP contribution in [0, 0.1) is 0 Å². The SMILES string of the molecule is CC(F)S(C)(=O)=O.CC(F)S(C)=O. The van der Waals surface area contributed by atoms with Gasteiger partial charge in [0.05, 0.1) is 10.8 Å². The van der Waals surface area contributed by atoms with Gasteiger partial charge in [-0.2, -0.15) is 0 Å². The summed E-state index contributed by atoms with van der Waals surface area (Å²) in [5.74, 6) is 0. The molecule has 3 unspecified atom stereocenters. The zero-order chi connectivity index (χ0) is 11.2.